The van der Waals surface area contributed by atoms with Gasteiger partial charge in [-0.25, -0.2) is 0 Å². The van der Waals surface area contributed by atoms with Crippen molar-refractivity contribution in [2.75, 3.05) is 0 Å². The summed E-state index contributed by atoms with van der Waals surface area (Å²) < 4.78 is 5.93. The lowest BCUT2D eigenvalue weighted by Crippen LogP contribution is -2.02. The molecule has 3 aromatic carbocycles. The molecular formula is C22H21O2P. The Bertz CT molecular complexity index is 878. The first-order chi connectivity index (χ1) is 12.1. The minimum atomic E-state index is -0.247. The molecule has 25 heavy (non-hydrogen) atoms. The summed E-state index contributed by atoms with van der Waals surface area (Å²) in [4.78, 5) is 12.7. The standard InChI is InChI=1S/C22H21O2P/c1-15-13-16(2)21(17(3)14-15)22(23)25-24-20-12-8-7-11-19(20)18-9-5-4-6-10-18/h4-14,25H,1-3H3. The first-order valence-electron chi connectivity index (χ1n) is 8.26. The lowest BCUT2D eigenvalue weighted by Gasteiger charge is -2.13. The largest absolute Gasteiger partial charge is 0.468 e. The van der Waals surface area contributed by atoms with Crippen molar-refractivity contribution in [3.8, 4) is 16.9 Å². The van der Waals surface area contributed by atoms with Gasteiger partial charge in [0.05, 0.1) is 0 Å². The first kappa shape index (κ1) is 17.4. The number of hydrogen-bond acceptors (Lipinski definition) is 2. The molecule has 1 atom stereocenters. The normalized spacial score (nSPS) is 11.0. The zero-order valence-corrected chi connectivity index (χ0v) is 15.7. The van der Waals surface area contributed by atoms with Crippen LogP contribution < -0.4 is 4.52 Å². The highest BCUT2D eigenvalue weighted by Crippen LogP contribution is 2.35. The van der Waals surface area contributed by atoms with Crippen LogP contribution in [-0.4, -0.2) is 5.52 Å². The fourth-order valence-corrected chi connectivity index (χ4v) is 3.98. The number of carbonyl (C=O) groups is 1. The average Bonchev–Trinajstić information content (AvgIpc) is 2.60. The van der Waals surface area contributed by atoms with Gasteiger partial charge in [0.2, 0.25) is 5.52 Å². The summed E-state index contributed by atoms with van der Waals surface area (Å²) in [6.07, 6.45) is 0. The van der Waals surface area contributed by atoms with E-state index in [0.29, 0.717) is 0 Å². The molecule has 0 N–H and O–H groups in total. The van der Waals surface area contributed by atoms with Gasteiger partial charge in [-0.1, -0.05) is 66.2 Å². The van der Waals surface area contributed by atoms with E-state index in [0.717, 1.165) is 33.6 Å². The van der Waals surface area contributed by atoms with E-state index in [-0.39, 0.29) is 14.3 Å². The molecule has 0 saturated heterocycles. The van der Waals surface area contributed by atoms with Crippen molar-refractivity contribution in [2.45, 2.75) is 20.8 Å². The quantitative estimate of drug-likeness (QED) is 0.521. The molecule has 3 rings (SSSR count). The van der Waals surface area contributed by atoms with Gasteiger partial charge in [0.1, 0.15) is 14.6 Å². The molecule has 0 spiro atoms. The monoisotopic (exact) mass is 348 g/mol. The Balaban J connectivity index is 1.82. The van der Waals surface area contributed by atoms with Crippen LogP contribution >= 0.6 is 8.81 Å². The molecule has 3 heteroatoms. The van der Waals surface area contributed by atoms with Crippen molar-refractivity contribution >= 4 is 14.3 Å². The van der Waals surface area contributed by atoms with Crippen LogP contribution in [0.25, 0.3) is 11.1 Å². The molecular weight excluding hydrogens is 327 g/mol. The van der Waals surface area contributed by atoms with Crippen LogP contribution in [-0.2, 0) is 0 Å². The molecule has 0 amide bonds. The van der Waals surface area contributed by atoms with Gasteiger partial charge in [-0.05, 0) is 43.5 Å². The van der Waals surface area contributed by atoms with Gasteiger partial charge < -0.3 is 4.52 Å². The molecule has 0 radical (unpaired) electrons. The Morgan fingerprint density at radius 2 is 1.44 bits per heavy atom. The molecule has 2 nitrogen and oxygen atoms in total. The Hall–Kier alpha value is -2.44. The maximum atomic E-state index is 12.7. The van der Waals surface area contributed by atoms with Crippen LogP contribution in [0.2, 0.25) is 0 Å². The maximum Gasteiger partial charge on any atom is 0.221 e. The predicted molar refractivity (Wildman–Crippen MR) is 106 cm³/mol. The third-order valence-corrected chi connectivity index (χ3v) is 4.89. The van der Waals surface area contributed by atoms with Crippen molar-refractivity contribution in [3.63, 3.8) is 0 Å². The number of para-hydroxylation sites is 1. The SMILES string of the molecule is Cc1cc(C)c(C(=O)POc2ccccc2-c2ccccc2)c(C)c1. The minimum Gasteiger partial charge on any atom is -0.468 e. The summed E-state index contributed by atoms with van der Waals surface area (Å²) in [7, 11) is -0.247. The lowest BCUT2D eigenvalue weighted by atomic mass is 10.0. The second-order valence-electron chi connectivity index (χ2n) is 6.17. The lowest BCUT2D eigenvalue weighted by molar-refractivity contribution is 0.107. The van der Waals surface area contributed by atoms with Gasteiger partial charge in [-0.2, -0.15) is 0 Å². The molecule has 0 aliphatic rings. The number of benzene rings is 3. The van der Waals surface area contributed by atoms with E-state index in [4.69, 9.17) is 4.52 Å². The number of rotatable bonds is 5. The highest BCUT2D eigenvalue weighted by atomic mass is 31.1. The Kier molecular flexibility index (Phi) is 5.31. The van der Waals surface area contributed by atoms with Gasteiger partial charge in [-0.15, -0.1) is 0 Å². The maximum absolute atomic E-state index is 12.7. The molecule has 126 valence electrons. The van der Waals surface area contributed by atoms with Gasteiger partial charge in [0.15, 0.2) is 0 Å². The third kappa shape index (κ3) is 3.97. The van der Waals surface area contributed by atoms with Crippen molar-refractivity contribution < 1.29 is 9.32 Å². The number of aryl methyl sites for hydroxylation is 3. The highest BCUT2D eigenvalue weighted by molar-refractivity contribution is 7.54. The van der Waals surface area contributed by atoms with E-state index < -0.39 is 0 Å². The summed E-state index contributed by atoms with van der Waals surface area (Å²) in [5, 5.41) is 0. The third-order valence-electron chi connectivity index (χ3n) is 4.13. The van der Waals surface area contributed by atoms with Crippen LogP contribution in [0.15, 0.2) is 66.7 Å². The zero-order chi connectivity index (χ0) is 17.8. The molecule has 0 aliphatic heterocycles. The van der Waals surface area contributed by atoms with Crippen molar-refractivity contribution in [1.29, 1.82) is 0 Å². The second kappa shape index (κ2) is 7.63. The molecule has 0 aliphatic carbocycles. The average molecular weight is 348 g/mol. The molecule has 1 unspecified atom stereocenters. The Labute approximate surface area is 150 Å². The second-order valence-corrected chi connectivity index (χ2v) is 7.03. The van der Waals surface area contributed by atoms with E-state index in [9.17, 15) is 4.79 Å². The summed E-state index contributed by atoms with van der Waals surface area (Å²) in [6.45, 7) is 6.01. The summed E-state index contributed by atoms with van der Waals surface area (Å²) in [5.41, 5.74) is 6.09. The van der Waals surface area contributed by atoms with E-state index >= 15 is 0 Å². The van der Waals surface area contributed by atoms with Crippen LogP contribution in [0.1, 0.15) is 27.0 Å². The van der Waals surface area contributed by atoms with Crippen molar-refractivity contribution in [1.82, 2.24) is 0 Å². The van der Waals surface area contributed by atoms with Crippen LogP contribution in [0.5, 0.6) is 5.75 Å². The topological polar surface area (TPSA) is 26.3 Å². The minimum absolute atomic E-state index is 0.0397. The van der Waals surface area contributed by atoms with E-state index in [1.54, 1.807) is 0 Å². The van der Waals surface area contributed by atoms with E-state index in [2.05, 4.69) is 0 Å². The summed E-state index contributed by atoms with van der Waals surface area (Å²) >= 11 is 0. The highest BCUT2D eigenvalue weighted by Gasteiger charge is 2.15. The number of carbonyl (C=O) groups excluding carboxylic acids is 1. The first-order valence-corrected chi connectivity index (χ1v) is 9.16. The molecule has 0 aromatic heterocycles. The van der Waals surface area contributed by atoms with Crippen LogP contribution in [0, 0.1) is 20.8 Å². The smallest absolute Gasteiger partial charge is 0.221 e. The van der Waals surface area contributed by atoms with Gasteiger partial charge >= 0.3 is 0 Å². The number of hydrogen-bond donors (Lipinski definition) is 0. The van der Waals surface area contributed by atoms with E-state index in [1.807, 2.05) is 87.5 Å². The van der Waals surface area contributed by atoms with Gasteiger partial charge in [0, 0.05) is 11.1 Å². The molecule has 3 aromatic rings. The Morgan fingerprint density at radius 1 is 0.840 bits per heavy atom. The summed E-state index contributed by atoms with van der Waals surface area (Å²) in [5.74, 6) is 0.739. The molecule has 0 bridgehead atoms. The van der Waals surface area contributed by atoms with Crippen LogP contribution in [0.4, 0.5) is 0 Å². The molecule has 0 saturated carbocycles. The summed E-state index contributed by atoms with van der Waals surface area (Å²) in [6, 6.07) is 22.0. The fourth-order valence-electron chi connectivity index (χ4n) is 3.10. The predicted octanol–water partition coefficient (Wildman–Crippen LogP) is 6.09. The van der Waals surface area contributed by atoms with E-state index in [1.165, 1.54) is 5.56 Å². The fraction of sp³-hybridized carbons (Fsp3) is 0.136. The van der Waals surface area contributed by atoms with Crippen molar-refractivity contribution in [3.05, 3.63) is 89.0 Å². The van der Waals surface area contributed by atoms with Gasteiger partial charge in [0.25, 0.3) is 0 Å². The van der Waals surface area contributed by atoms with Crippen LogP contribution in [0.3, 0.4) is 0 Å². The van der Waals surface area contributed by atoms with Crippen molar-refractivity contribution in [2.24, 2.45) is 0 Å². The Morgan fingerprint density at radius 3 is 2.12 bits per heavy atom. The molecule has 0 heterocycles. The molecule has 0 fully saturated rings. The zero-order valence-electron chi connectivity index (χ0n) is 14.7. The van der Waals surface area contributed by atoms with Gasteiger partial charge in [-0.3, -0.25) is 4.79 Å².